The molecule has 2 saturated heterocycles. The minimum Gasteiger partial charge on any atom is -0.375 e. The van der Waals surface area contributed by atoms with Crippen molar-refractivity contribution in [3.05, 3.63) is 18.0 Å². The number of ether oxygens (including phenoxy) is 1. The summed E-state index contributed by atoms with van der Waals surface area (Å²) in [5, 5.41) is 8.15. The molecule has 0 amide bonds. The molecule has 0 spiro atoms. The maximum atomic E-state index is 5.98. The number of rotatable bonds is 5. The van der Waals surface area contributed by atoms with Crippen LogP contribution < -0.4 is 5.32 Å². The molecule has 4 unspecified atom stereocenters. The summed E-state index contributed by atoms with van der Waals surface area (Å²) in [4.78, 5) is 0. The Morgan fingerprint density at radius 2 is 2.32 bits per heavy atom. The van der Waals surface area contributed by atoms with Gasteiger partial charge in [0.25, 0.3) is 0 Å². The van der Waals surface area contributed by atoms with E-state index in [4.69, 9.17) is 4.74 Å². The van der Waals surface area contributed by atoms with Crippen molar-refractivity contribution in [2.45, 2.75) is 63.8 Å². The molecule has 19 heavy (non-hydrogen) atoms. The largest absolute Gasteiger partial charge is 0.375 e. The van der Waals surface area contributed by atoms with E-state index >= 15 is 0 Å². The lowest BCUT2D eigenvalue weighted by molar-refractivity contribution is 0.0862. The van der Waals surface area contributed by atoms with Gasteiger partial charge >= 0.3 is 0 Å². The molecule has 4 nitrogen and oxygen atoms in total. The fourth-order valence-corrected chi connectivity index (χ4v) is 3.57. The van der Waals surface area contributed by atoms with Gasteiger partial charge in [-0.1, -0.05) is 0 Å². The van der Waals surface area contributed by atoms with Gasteiger partial charge < -0.3 is 10.1 Å². The maximum absolute atomic E-state index is 5.98. The number of nitrogens with one attached hydrogen (secondary N) is 1. The fraction of sp³-hybridized carbons (Fsp3) is 0.800. The van der Waals surface area contributed by atoms with Crippen LogP contribution in [0.2, 0.25) is 0 Å². The molecule has 4 atom stereocenters. The summed E-state index contributed by atoms with van der Waals surface area (Å²) in [6.45, 7) is 4.33. The van der Waals surface area contributed by atoms with E-state index in [0.29, 0.717) is 30.2 Å². The first-order valence-electron chi connectivity index (χ1n) is 7.54. The van der Waals surface area contributed by atoms with Crippen molar-refractivity contribution in [1.82, 2.24) is 15.1 Å². The molecule has 2 bridgehead atoms. The Hall–Kier alpha value is -0.870. The predicted molar refractivity (Wildman–Crippen MR) is 75.2 cm³/mol. The number of hydrogen-bond donors (Lipinski definition) is 1. The van der Waals surface area contributed by atoms with Crippen molar-refractivity contribution in [1.29, 1.82) is 0 Å². The molecular weight excluding hydrogens is 238 g/mol. The molecule has 3 rings (SSSR count). The Kier molecular flexibility index (Phi) is 3.63. The first kappa shape index (κ1) is 13.1. The Morgan fingerprint density at radius 1 is 1.47 bits per heavy atom. The predicted octanol–water partition coefficient (Wildman–Crippen LogP) is 2.16. The first-order chi connectivity index (χ1) is 9.17. The molecule has 1 aromatic heterocycles. The molecule has 2 aliphatic heterocycles. The number of nitrogens with zero attached hydrogens (tertiary/aromatic N) is 2. The van der Waals surface area contributed by atoms with Crippen LogP contribution in [0.1, 0.15) is 44.8 Å². The lowest BCUT2D eigenvalue weighted by Crippen LogP contribution is -2.40. The van der Waals surface area contributed by atoms with E-state index in [9.17, 15) is 0 Å². The highest BCUT2D eigenvalue weighted by atomic mass is 16.5. The summed E-state index contributed by atoms with van der Waals surface area (Å²) in [5.41, 5.74) is 1.19. The van der Waals surface area contributed by atoms with E-state index in [0.717, 1.165) is 6.42 Å². The van der Waals surface area contributed by atoms with Crippen LogP contribution in [-0.2, 0) is 11.2 Å². The molecule has 1 N–H and O–H groups in total. The zero-order chi connectivity index (χ0) is 13.4. The molecule has 1 aromatic rings. The number of likely N-dealkylation sites (N-methyl/N-ethyl adjacent to an activating group) is 1. The molecule has 0 aromatic carbocycles. The number of hydrogen-bond acceptors (Lipinski definition) is 3. The van der Waals surface area contributed by atoms with Gasteiger partial charge in [0.2, 0.25) is 0 Å². The van der Waals surface area contributed by atoms with E-state index in [1.807, 2.05) is 4.68 Å². The van der Waals surface area contributed by atoms with Gasteiger partial charge in [-0.2, -0.15) is 5.10 Å². The Bertz CT molecular complexity index is 429. The monoisotopic (exact) mass is 263 g/mol. The molecule has 2 aliphatic rings. The molecule has 0 aliphatic carbocycles. The van der Waals surface area contributed by atoms with Gasteiger partial charge in [-0.3, -0.25) is 4.68 Å². The van der Waals surface area contributed by atoms with Gasteiger partial charge in [0.1, 0.15) is 0 Å². The van der Waals surface area contributed by atoms with Crippen molar-refractivity contribution < 1.29 is 4.74 Å². The molecule has 0 radical (unpaired) electrons. The van der Waals surface area contributed by atoms with Crippen LogP contribution in [0.3, 0.4) is 0 Å². The van der Waals surface area contributed by atoms with Crippen molar-refractivity contribution >= 4 is 0 Å². The summed E-state index contributed by atoms with van der Waals surface area (Å²) in [6, 6.07) is 3.08. The summed E-state index contributed by atoms with van der Waals surface area (Å²) in [6.07, 6.45) is 7.83. The van der Waals surface area contributed by atoms with Gasteiger partial charge in [0.05, 0.1) is 17.9 Å². The summed E-state index contributed by atoms with van der Waals surface area (Å²) in [7, 11) is 2.07. The quantitative estimate of drug-likeness (QED) is 0.885. The van der Waals surface area contributed by atoms with E-state index < -0.39 is 0 Å². The highest BCUT2D eigenvalue weighted by molar-refractivity contribution is 5.05. The van der Waals surface area contributed by atoms with Gasteiger partial charge in [0.15, 0.2) is 0 Å². The van der Waals surface area contributed by atoms with E-state index in [-0.39, 0.29) is 0 Å². The van der Waals surface area contributed by atoms with Crippen molar-refractivity contribution in [3.63, 3.8) is 0 Å². The molecule has 106 valence electrons. The van der Waals surface area contributed by atoms with Crippen LogP contribution in [0.25, 0.3) is 0 Å². The van der Waals surface area contributed by atoms with Gasteiger partial charge in [-0.15, -0.1) is 0 Å². The molecule has 4 heteroatoms. The average molecular weight is 263 g/mol. The molecule has 3 heterocycles. The minimum absolute atomic E-state index is 0.438. The van der Waals surface area contributed by atoms with Gasteiger partial charge in [-0.25, -0.2) is 0 Å². The second-order valence-corrected chi connectivity index (χ2v) is 6.25. The highest BCUT2D eigenvalue weighted by Crippen LogP contribution is 2.40. The maximum Gasteiger partial charge on any atom is 0.0640 e. The second kappa shape index (κ2) is 5.25. The lowest BCUT2D eigenvalue weighted by Gasteiger charge is -2.27. The Morgan fingerprint density at radius 3 is 2.84 bits per heavy atom. The Balaban J connectivity index is 1.66. The number of aromatic nitrogens is 2. The highest BCUT2D eigenvalue weighted by Gasteiger charge is 2.43. The summed E-state index contributed by atoms with van der Waals surface area (Å²) in [5.74, 6) is 0.660. The average Bonchev–Trinajstić information content (AvgIpc) is 3.11. The van der Waals surface area contributed by atoms with Crippen molar-refractivity contribution in [3.8, 4) is 0 Å². The van der Waals surface area contributed by atoms with Crippen LogP contribution >= 0.6 is 0 Å². The fourth-order valence-electron chi connectivity index (χ4n) is 3.57. The molecular formula is C15H25N3O. The van der Waals surface area contributed by atoms with Crippen LogP contribution in [-0.4, -0.2) is 35.1 Å². The van der Waals surface area contributed by atoms with Gasteiger partial charge in [-0.05, 0) is 46.2 Å². The minimum atomic E-state index is 0.438. The third-order valence-corrected chi connectivity index (χ3v) is 4.66. The second-order valence-electron chi connectivity index (χ2n) is 6.25. The van der Waals surface area contributed by atoms with Crippen LogP contribution in [0.15, 0.2) is 12.3 Å². The molecule has 0 saturated carbocycles. The van der Waals surface area contributed by atoms with Crippen molar-refractivity contribution in [2.24, 2.45) is 5.92 Å². The molecule has 2 fully saturated rings. The topological polar surface area (TPSA) is 39.1 Å². The van der Waals surface area contributed by atoms with E-state index in [1.54, 1.807) is 0 Å². The normalized spacial score (nSPS) is 31.3. The van der Waals surface area contributed by atoms with Gasteiger partial charge in [0, 0.05) is 30.6 Å². The standard InChI is InChI=1S/C15H25N3O/c1-10(2)18-7-6-11(17-18)8-14(16-3)13-9-12-4-5-15(13)19-12/h6-7,10,12-16H,4-5,8-9H2,1-3H3. The zero-order valence-corrected chi connectivity index (χ0v) is 12.2. The first-order valence-corrected chi connectivity index (χ1v) is 7.54. The van der Waals surface area contributed by atoms with E-state index in [2.05, 4.69) is 43.6 Å². The summed E-state index contributed by atoms with van der Waals surface area (Å²) < 4.78 is 8.02. The third-order valence-electron chi connectivity index (χ3n) is 4.66. The third kappa shape index (κ3) is 2.56. The smallest absolute Gasteiger partial charge is 0.0640 e. The Labute approximate surface area is 115 Å². The summed E-state index contributed by atoms with van der Waals surface area (Å²) >= 11 is 0. The zero-order valence-electron chi connectivity index (χ0n) is 12.2. The van der Waals surface area contributed by atoms with Crippen molar-refractivity contribution in [2.75, 3.05) is 7.05 Å². The van der Waals surface area contributed by atoms with Crippen LogP contribution in [0.5, 0.6) is 0 Å². The number of fused-ring (bicyclic) bond motifs is 2. The SMILES string of the molecule is CNC(Cc1ccn(C(C)C)n1)C1CC2CCC1O2. The van der Waals surface area contributed by atoms with Crippen LogP contribution in [0.4, 0.5) is 0 Å². The van der Waals surface area contributed by atoms with E-state index in [1.165, 1.54) is 25.0 Å². The lowest BCUT2D eigenvalue weighted by atomic mass is 9.82. The van der Waals surface area contributed by atoms with Crippen LogP contribution in [0, 0.1) is 5.92 Å².